The lowest BCUT2D eigenvalue weighted by atomic mass is 10.1. The van der Waals surface area contributed by atoms with E-state index in [-0.39, 0.29) is 6.04 Å². The molecule has 0 spiro atoms. The van der Waals surface area contributed by atoms with Gasteiger partial charge in [0.05, 0.1) is 24.8 Å². The maximum Gasteiger partial charge on any atom is 0.0992 e. The predicted molar refractivity (Wildman–Crippen MR) is 64.0 cm³/mol. The number of ether oxygens (including phenoxy) is 1. The summed E-state index contributed by atoms with van der Waals surface area (Å²) in [6, 6.07) is 7.73. The lowest BCUT2D eigenvalue weighted by Gasteiger charge is -2.09. The average Bonchev–Trinajstić information content (AvgIpc) is 2.28. The molecule has 3 N–H and O–H groups in total. The van der Waals surface area contributed by atoms with E-state index in [1.807, 2.05) is 26.1 Å². The Morgan fingerprint density at radius 1 is 1.50 bits per heavy atom. The van der Waals surface area contributed by atoms with Crippen LogP contribution in [-0.4, -0.2) is 19.7 Å². The SMILES string of the molecule is CNc1cc(C#N)cc(COCC(C)N)c1. The molecular weight excluding hydrogens is 202 g/mol. The number of hydrogen-bond donors (Lipinski definition) is 2. The minimum absolute atomic E-state index is 0.0305. The second kappa shape index (κ2) is 6.11. The molecule has 1 aromatic carbocycles. The van der Waals surface area contributed by atoms with Crippen molar-refractivity contribution in [3.8, 4) is 6.07 Å². The summed E-state index contributed by atoms with van der Waals surface area (Å²) in [7, 11) is 1.82. The van der Waals surface area contributed by atoms with Crippen LogP contribution in [0.2, 0.25) is 0 Å². The Morgan fingerprint density at radius 2 is 2.25 bits per heavy atom. The molecular formula is C12H17N3O. The third kappa shape index (κ3) is 3.89. The fourth-order valence-corrected chi connectivity index (χ4v) is 1.35. The first kappa shape index (κ1) is 12.5. The molecule has 0 amide bonds. The topological polar surface area (TPSA) is 71.1 Å². The number of hydrogen-bond acceptors (Lipinski definition) is 4. The number of nitriles is 1. The molecule has 86 valence electrons. The van der Waals surface area contributed by atoms with Crippen molar-refractivity contribution in [2.45, 2.75) is 19.6 Å². The van der Waals surface area contributed by atoms with Crippen LogP contribution in [0.3, 0.4) is 0 Å². The monoisotopic (exact) mass is 219 g/mol. The van der Waals surface area contributed by atoms with Crippen LogP contribution in [0.4, 0.5) is 5.69 Å². The first-order valence-electron chi connectivity index (χ1n) is 5.21. The smallest absolute Gasteiger partial charge is 0.0992 e. The highest BCUT2D eigenvalue weighted by atomic mass is 16.5. The van der Waals surface area contributed by atoms with Gasteiger partial charge in [0.1, 0.15) is 0 Å². The summed E-state index contributed by atoms with van der Waals surface area (Å²) >= 11 is 0. The normalized spacial score (nSPS) is 11.9. The molecule has 0 bridgehead atoms. The first-order valence-corrected chi connectivity index (χ1v) is 5.21. The zero-order valence-electron chi connectivity index (χ0n) is 9.66. The highest BCUT2D eigenvalue weighted by Gasteiger charge is 2.01. The van der Waals surface area contributed by atoms with Crippen molar-refractivity contribution in [2.75, 3.05) is 19.0 Å². The molecule has 0 saturated heterocycles. The molecule has 1 unspecified atom stereocenters. The van der Waals surface area contributed by atoms with Crippen molar-refractivity contribution < 1.29 is 4.74 Å². The number of rotatable bonds is 5. The summed E-state index contributed by atoms with van der Waals surface area (Å²) in [5, 5.41) is 11.9. The van der Waals surface area contributed by atoms with Gasteiger partial charge in [-0.3, -0.25) is 0 Å². The largest absolute Gasteiger partial charge is 0.388 e. The standard InChI is InChI=1S/C12H17N3O/c1-9(14)7-16-8-11-3-10(6-13)4-12(5-11)15-2/h3-5,9,15H,7-8,14H2,1-2H3. The van der Waals surface area contributed by atoms with Gasteiger partial charge in [-0.15, -0.1) is 0 Å². The van der Waals surface area contributed by atoms with Crippen LogP contribution in [0.1, 0.15) is 18.1 Å². The summed E-state index contributed by atoms with van der Waals surface area (Å²) in [6.45, 7) is 2.89. The van der Waals surface area contributed by atoms with Crippen molar-refractivity contribution in [1.82, 2.24) is 0 Å². The molecule has 0 aromatic heterocycles. The number of nitrogens with zero attached hydrogens (tertiary/aromatic N) is 1. The Morgan fingerprint density at radius 3 is 2.81 bits per heavy atom. The maximum absolute atomic E-state index is 8.86. The molecule has 16 heavy (non-hydrogen) atoms. The molecule has 4 heteroatoms. The Balaban J connectivity index is 2.68. The van der Waals surface area contributed by atoms with Gasteiger partial charge in [-0.05, 0) is 30.7 Å². The van der Waals surface area contributed by atoms with E-state index in [0.717, 1.165) is 11.3 Å². The van der Waals surface area contributed by atoms with E-state index in [2.05, 4.69) is 11.4 Å². The van der Waals surface area contributed by atoms with Gasteiger partial charge in [0, 0.05) is 18.8 Å². The summed E-state index contributed by atoms with van der Waals surface area (Å²) in [6.07, 6.45) is 0. The van der Waals surface area contributed by atoms with Gasteiger partial charge in [-0.25, -0.2) is 0 Å². The molecule has 1 atom stereocenters. The summed E-state index contributed by atoms with van der Waals surface area (Å²) in [5.41, 5.74) is 8.10. The van der Waals surface area contributed by atoms with Crippen molar-refractivity contribution in [3.63, 3.8) is 0 Å². The van der Waals surface area contributed by atoms with Gasteiger partial charge in [-0.1, -0.05) is 0 Å². The van der Waals surface area contributed by atoms with Crippen LogP contribution in [0, 0.1) is 11.3 Å². The number of anilines is 1. The fourth-order valence-electron chi connectivity index (χ4n) is 1.35. The van der Waals surface area contributed by atoms with E-state index in [1.54, 1.807) is 6.07 Å². The molecule has 0 saturated carbocycles. The van der Waals surface area contributed by atoms with Gasteiger partial charge in [0.25, 0.3) is 0 Å². The summed E-state index contributed by atoms with van der Waals surface area (Å²) in [4.78, 5) is 0. The van der Waals surface area contributed by atoms with Crippen LogP contribution in [0.15, 0.2) is 18.2 Å². The van der Waals surface area contributed by atoms with Crippen LogP contribution in [-0.2, 0) is 11.3 Å². The second-order valence-corrected chi connectivity index (χ2v) is 3.77. The third-order valence-electron chi connectivity index (χ3n) is 2.06. The van der Waals surface area contributed by atoms with Gasteiger partial charge in [0.15, 0.2) is 0 Å². The number of benzene rings is 1. The Kier molecular flexibility index (Phi) is 4.77. The second-order valence-electron chi connectivity index (χ2n) is 3.77. The molecule has 1 rings (SSSR count). The highest BCUT2D eigenvalue weighted by Crippen LogP contribution is 2.14. The predicted octanol–water partition coefficient (Wildman–Crippen LogP) is 1.46. The van der Waals surface area contributed by atoms with Crippen molar-refractivity contribution in [3.05, 3.63) is 29.3 Å². The van der Waals surface area contributed by atoms with Crippen LogP contribution < -0.4 is 11.1 Å². The van der Waals surface area contributed by atoms with Crippen LogP contribution in [0.5, 0.6) is 0 Å². The van der Waals surface area contributed by atoms with E-state index in [0.29, 0.717) is 18.8 Å². The molecule has 0 fully saturated rings. The molecule has 0 aliphatic heterocycles. The Bertz CT molecular complexity index is 382. The van der Waals surface area contributed by atoms with E-state index in [9.17, 15) is 0 Å². The Hall–Kier alpha value is -1.57. The minimum Gasteiger partial charge on any atom is -0.388 e. The molecule has 0 heterocycles. The molecule has 0 radical (unpaired) electrons. The first-order chi connectivity index (χ1) is 7.65. The zero-order valence-corrected chi connectivity index (χ0v) is 9.66. The van der Waals surface area contributed by atoms with E-state index >= 15 is 0 Å². The van der Waals surface area contributed by atoms with Gasteiger partial charge < -0.3 is 15.8 Å². The zero-order chi connectivity index (χ0) is 12.0. The molecule has 0 aliphatic rings. The van der Waals surface area contributed by atoms with Crippen molar-refractivity contribution in [1.29, 1.82) is 5.26 Å². The molecule has 1 aromatic rings. The lowest BCUT2D eigenvalue weighted by molar-refractivity contribution is 0.111. The third-order valence-corrected chi connectivity index (χ3v) is 2.06. The van der Waals surface area contributed by atoms with Gasteiger partial charge >= 0.3 is 0 Å². The number of nitrogens with two attached hydrogens (primary N) is 1. The fraction of sp³-hybridized carbons (Fsp3) is 0.417. The van der Waals surface area contributed by atoms with E-state index in [1.165, 1.54) is 0 Å². The molecule has 0 aliphatic carbocycles. The van der Waals surface area contributed by atoms with Gasteiger partial charge in [-0.2, -0.15) is 5.26 Å². The quantitative estimate of drug-likeness (QED) is 0.786. The lowest BCUT2D eigenvalue weighted by Crippen LogP contribution is -2.21. The van der Waals surface area contributed by atoms with Crippen molar-refractivity contribution in [2.24, 2.45) is 5.73 Å². The summed E-state index contributed by atoms with van der Waals surface area (Å²) < 4.78 is 5.42. The summed E-state index contributed by atoms with van der Waals surface area (Å²) in [5.74, 6) is 0. The Labute approximate surface area is 96.0 Å². The van der Waals surface area contributed by atoms with Crippen molar-refractivity contribution >= 4 is 5.69 Å². The van der Waals surface area contributed by atoms with E-state index in [4.69, 9.17) is 15.7 Å². The van der Waals surface area contributed by atoms with Gasteiger partial charge in [0.2, 0.25) is 0 Å². The average molecular weight is 219 g/mol. The maximum atomic E-state index is 8.86. The van der Waals surface area contributed by atoms with E-state index < -0.39 is 0 Å². The minimum atomic E-state index is 0.0305. The van der Waals surface area contributed by atoms with Crippen LogP contribution in [0.25, 0.3) is 0 Å². The molecule has 4 nitrogen and oxygen atoms in total. The highest BCUT2D eigenvalue weighted by molar-refractivity contribution is 5.51. The number of nitrogens with one attached hydrogen (secondary N) is 1. The van der Waals surface area contributed by atoms with Crippen LogP contribution >= 0.6 is 0 Å².